The minimum Gasteiger partial charge on any atom is -0.454 e. The fourth-order valence-electron chi connectivity index (χ4n) is 2.25. The van der Waals surface area contributed by atoms with E-state index in [-0.39, 0.29) is 18.4 Å². The number of amides is 1. The van der Waals surface area contributed by atoms with Crippen molar-refractivity contribution < 1.29 is 18.7 Å². The number of nitrogens with one attached hydrogen (secondary N) is 1. The second-order valence-electron chi connectivity index (χ2n) is 5.77. The van der Waals surface area contributed by atoms with Crippen LogP contribution in [0.25, 0.3) is 11.5 Å². The fourth-order valence-corrected chi connectivity index (χ4v) is 2.25. The zero-order valence-electron chi connectivity index (χ0n) is 14.8. The molecule has 0 saturated carbocycles. The molecule has 0 aliphatic heterocycles. The molecule has 0 fully saturated rings. The summed E-state index contributed by atoms with van der Waals surface area (Å²) in [5, 5.41) is 6.64. The number of esters is 1. The zero-order valence-corrected chi connectivity index (χ0v) is 14.8. The molecule has 26 heavy (non-hydrogen) atoms. The first-order chi connectivity index (χ1) is 12.6. The Morgan fingerprint density at radius 1 is 1.19 bits per heavy atom. The molecule has 0 bridgehead atoms. The van der Waals surface area contributed by atoms with Crippen molar-refractivity contribution in [2.75, 3.05) is 13.2 Å². The summed E-state index contributed by atoms with van der Waals surface area (Å²) in [6.45, 7) is 1.87. The van der Waals surface area contributed by atoms with E-state index >= 15 is 0 Å². The molecule has 8 nitrogen and oxygen atoms in total. The van der Waals surface area contributed by atoms with Gasteiger partial charge in [0.2, 0.25) is 5.89 Å². The average Bonchev–Trinajstić information content (AvgIpc) is 3.01. The van der Waals surface area contributed by atoms with E-state index in [0.717, 1.165) is 30.4 Å². The van der Waals surface area contributed by atoms with Gasteiger partial charge in [0.25, 0.3) is 5.91 Å². The minimum absolute atomic E-state index is 0.119. The highest BCUT2D eigenvalue weighted by Crippen LogP contribution is 2.13. The lowest BCUT2D eigenvalue weighted by molar-refractivity contribution is -0.149. The molecule has 0 spiro atoms. The van der Waals surface area contributed by atoms with Crippen LogP contribution in [0.1, 0.15) is 32.6 Å². The van der Waals surface area contributed by atoms with Gasteiger partial charge in [0.1, 0.15) is 6.54 Å². The van der Waals surface area contributed by atoms with Crippen LogP contribution in [0.3, 0.4) is 0 Å². The van der Waals surface area contributed by atoms with E-state index in [4.69, 9.17) is 9.15 Å². The van der Waals surface area contributed by atoms with Crippen LogP contribution in [0.2, 0.25) is 0 Å². The molecule has 2 aromatic rings. The van der Waals surface area contributed by atoms with E-state index in [1.165, 1.54) is 0 Å². The minimum atomic E-state index is -0.763. The Hall–Kier alpha value is -2.90. The van der Waals surface area contributed by atoms with Crippen LogP contribution in [0.4, 0.5) is 0 Å². The number of carbonyl (C=O) groups is 2. The van der Waals surface area contributed by atoms with E-state index in [2.05, 4.69) is 17.3 Å². The van der Waals surface area contributed by atoms with Gasteiger partial charge >= 0.3 is 11.7 Å². The molecule has 2 rings (SSSR count). The first-order valence-corrected chi connectivity index (χ1v) is 8.66. The lowest BCUT2D eigenvalue weighted by Crippen LogP contribution is -2.31. The van der Waals surface area contributed by atoms with Gasteiger partial charge in [-0.3, -0.25) is 9.59 Å². The third-order valence-electron chi connectivity index (χ3n) is 3.62. The Labute approximate surface area is 151 Å². The van der Waals surface area contributed by atoms with Gasteiger partial charge in [-0.2, -0.15) is 4.68 Å². The number of hydrogen-bond acceptors (Lipinski definition) is 6. The summed E-state index contributed by atoms with van der Waals surface area (Å²) in [5.74, 6) is -1.75. The van der Waals surface area contributed by atoms with E-state index in [9.17, 15) is 14.4 Å². The maximum absolute atomic E-state index is 11.8. The summed E-state index contributed by atoms with van der Waals surface area (Å²) in [5.41, 5.74) is 0.624. The molecular weight excluding hydrogens is 338 g/mol. The number of nitrogens with zero attached hydrogens (tertiary/aromatic N) is 2. The summed E-state index contributed by atoms with van der Waals surface area (Å²) in [6.07, 6.45) is 4.20. The van der Waals surface area contributed by atoms with E-state index < -0.39 is 18.3 Å². The van der Waals surface area contributed by atoms with Gasteiger partial charge in [0.05, 0.1) is 0 Å². The van der Waals surface area contributed by atoms with Crippen molar-refractivity contribution in [3.63, 3.8) is 0 Å². The molecule has 0 saturated heterocycles. The highest BCUT2D eigenvalue weighted by molar-refractivity contribution is 5.80. The van der Waals surface area contributed by atoms with Gasteiger partial charge in [0.15, 0.2) is 6.61 Å². The predicted octanol–water partition coefficient (Wildman–Crippen LogP) is 1.74. The van der Waals surface area contributed by atoms with Crippen LogP contribution in [0.15, 0.2) is 39.5 Å². The van der Waals surface area contributed by atoms with Crippen molar-refractivity contribution in [1.82, 2.24) is 15.1 Å². The fraction of sp³-hybridized carbons (Fsp3) is 0.444. The number of ether oxygens (including phenoxy) is 1. The second-order valence-corrected chi connectivity index (χ2v) is 5.77. The van der Waals surface area contributed by atoms with Gasteiger partial charge in [0, 0.05) is 12.1 Å². The normalized spacial score (nSPS) is 10.5. The van der Waals surface area contributed by atoms with Crippen LogP contribution in [0.5, 0.6) is 0 Å². The van der Waals surface area contributed by atoms with Crippen molar-refractivity contribution in [2.24, 2.45) is 0 Å². The maximum atomic E-state index is 11.8. The zero-order chi connectivity index (χ0) is 18.8. The molecule has 0 aliphatic rings. The maximum Gasteiger partial charge on any atom is 0.437 e. The van der Waals surface area contributed by atoms with Crippen molar-refractivity contribution in [3.05, 3.63) is 40.9 Å². The molecule has 0 radical (unpaired) electrons. The Balaban J connectivity index is 1.77. The summed E-state index contributed by atoms with van der Waals surface area (Å²) < 4.78 is 10.8. The molecule has 140 valence electrons. The summed E-state index contributed by atoms with van der Waals surface area (Å²) in [4.78, 5) is 35.1. The molecule has 0 unspecified atom stereocenters. The molecule has 0 atom stereocenters. The van der Waals surface area contributed by atoms with Crippen LogP contribution < -0.4 is 11.1 Å². The van der Waals surface area contributed by atoms with Crippen molar-refractivity contribution >= 4 is 11.9 Å². The molecule has 1 amide bonds. The van der Waals surface area contributed by atoms with E-state index in [1.54, 1.807) is 24.3 Å². The van der Waals surface area contributed by atoms with Crippen molar-refractivity contribution in [1.29, 1.82) is 0 Å². The standard InChI is InChI=1S/C18H23N3O5/c1-2-3-4-8-11-19-15(22)13-25-16(23)12-21-18(24)26-17(20-21)14-9-6-5-7-10-14/h5-7,9-10H,2-4,8,11-13H2,1H3,(H,19,22). The predicted molar refractivity (Wildman–Crippen MR) is 94.3 cm³/mol. The molecule has 1 N–H and O–H groups in total. The van der Waals surface area contributed by atoms with Crippen molar-refractivity contribution in [3.8, 4) is 11.5 Å². The highest BCUT2D eigenvalue weighted by atomic mass is 16.5. The number of rotatable bonds is 10. The third-order valence-corrected chi connectivity index (χ3v) is 3.62. The number of benzene rings is 1. The third kappa shape index (κ3) is 6.19. The average molecular weight is 361 g/mol. The smallest absolute Gasteiger partial charge is 0.437 e. The van der Waals surface area contributed by atoms with Gasteiger partial charge in [-0.15, -0.1) is 5.10 Å². The molecule has 8 heteroatoms. The molecule has 1 aromatic carbocycles. The lowest BCUT2D eigenvalue weighted by atomic mass is 10.2. The first-order valence-electron chi connectivity index (χ1n) is 8.66. The number of unbranched alkanes of at least 4 members (excludes halogenated alkanes) is 3. The quantitative estimate of drug-likeness (QED) is 0.511. The lowest BCUT2D eigenvalue weighted by Gasteiger charge is -2.06. The van der Waals surface area contributed by atoms with Gasteiger partial charge in [-0.05, 0) is 18.6 Å². The molecular formula is C18H23N3O5. The number of hydrogen-bond donors (Lipinski definition) is 1. The Bertz CT molecular complexity index is 767. The second kappa shape index (κ2) is 10.2. The topological polar surface area (TPSA) is 103 Å². The monoisotopic (exact) mass is 361 g/mol. The summed E-state index contributed by atoms with van der Waals surface area (Å²) >= 11 is 0. The SMILES string of the molecule is CCCCCCNC(=O)COC(=O)Cn1nc(-c2ccccc2)oc1=O. The molecule has 1 heterocycles. The Morgan fingerprint density at radius 2 is 1.96 bits per heavy atom. The first kappa shape index (κ1) is 19.4. The van der Waals surface area contributed by atoms with Gasteiger partial charge < -0.3 is 14.5 Å². The number of aromatic nitrogens is 2. The molecule has 0 aliphatic carbocycles. The summed E-state index contributed by atoms with van der Waals surface area (Å²) in [7, 11) is 0. The van der Waals surface area contributed by atoms with Crippen LogP contribution in [-0.4, -0.2) is 34.8 Å². The van der Waals surface area contributed by atoms with Crippen LogP contribution in [-0.2, 0) is 20.9 Å². The highest BCUT2D eigenvalue weighted by Gasteiger charge is 2.14. The van der Waals surface area contributed by atoms with Gasteiger partial charge in [-0.25, -0.2) is 4.79 Å². The Morgan fingerprint density at radius 3 is 2.69 bits per heavy atom. The van der Waals surface area contributed by atoms with Crippen molar-refractivity contribution in [2.45, 2.75) is 39.2 Å². The Kier molecular flexibility index (Phi) is 7.60. The van der Waals surface area contributed by atoms with Crippen LogP contribution >= 0.6 is 0 Å². The largest absolute Gasteiger partial charge is 0.454 e. The van der Waals surface area contributed by atoms with Crippen LogP contribution in [0, 0.1) is 0 Å². The number of carbonyl (C=O) groups excluding carboxylic acids is 2. The summed E-state index contributed by atoms with van der Waals surface area (Å²) in [6, 6.07) is 8.86. The van der Waals surface area contributed by atoms with E-state index in [0.29, 0.717) is 12.1 Å². The van der Waals surface area contributed by atoms with E-state index in [1.807, 2.05) is 6.07 Å². The molecule has 1 aromatic heterocycles. The van der Waals surface area contributed by atoms with Gasteiger partial charge in [-0.1, -0.05) is 44.4 Å².